The average molecular weight is 236 g/mol. The van der Waals surface area contributed by atoms with Crippen molar-refractivity contribution in [3.8, 4) is 0 Å². The summed E-state index contributed by atoms with van der Waals surface area (Å²) < 4.78 is 0. The fourth-order valence-electron chi connectivity index (χ4n) is 1.96. The van der Waals surface area contributed by atoms with Crippen molar-refractivity contribution in [2.75, 3.05) is 0 Å². The zero-order chi connectivity index (χ0) is 12.7. The molecule has 1 aromatic rings. The van der Waals surface area contributed by atoms with Gasteiger partial charge in [-0.15, -0.1) is 0 Å². The number of hydrogen-bond donors (Lipinski definition) is 1. The molecule has 1 rings (SSSR count). The molecule has 0 saturated heterocycles. The van der Waals surface area contributed by atoms with E-state index >= 15 is 0 Å². The predicted octanol–water partition coefficient (Wildman–Crippen LogP) is 2.69. The first kappa shape index (κ1) is 13.6. The number of carboxylic acids is 1. The summed E-state index contributed by atoms with van der Waals surface area (Å²) in [7, 11) is 0. The molecule has 4 nitrogen and oxygen atoms in total. The van der Waals surface area contributed by atoms with E-state index in [1.165, 1.54) is 0 Å². The maximum absolute atomic E-state index is 11.5. The highest BCUT2D eigenvalue weighted by Crippen LogP contribution is 2.32. The van der Waals surface area contributed by atoms with Crippen LogP contribution < -0.4 is 0 Å². The normalized spacial score (nSPS) is 14.2. The zero-order valence-electron chi connectivity index (χ0n) is 10.5. The van der Waals surface area contributed by atoms with Gasteiger partial charge < -0.3 is 5.11 Å². The van der Waals surface area contributed by atoms with Crippen LogP contribution >= 0.6 is 0 Å². The van der Waals surface area contributed by atoms with Gasteiger partial charge in [-0.1, -0.05) is 26.7 Å². The van der Waals surface area contributed by atoms with Gasteiger partial charge in [0.15, 0.2) is 0 Å². The smallest absolute Gasteiger partial charge is 0.310 e. The molecule has 0 spiro atoms. The lowest BCUT2D eigenvalue weighted by Crippen LogP contribution is -2.33. The van der Waals surface area contributed by atoms with Crippen molar-refractivity contribution in [3.63, 3.8) is 0 Å². The minimum absolute atomic E-state index is 0.416. The van der Waals surface area contributed by atoms with E-state index in [9.17, 15) is 9.90 Å². The van der Waals surface area contributed by atoms with Crippen molar-refractivity contribution in [1.82, 2.24) is 9.97 Å². The van der Waals surface area contributed by atoms with Gasteiger partial charge >= 0.3 is 5.97 Å². The van der Waals surface area contributed by atoms with Crippen LogP contribution in [0.15, 0.2) is 18.5 Å². The Morgan fingerprint density at radius 3 is 2.47 bits per heavy atom. The highest BCUT2D eigenvalue weighted by Gasteiger charge is 2.36. The molecule has 0 aliphatic carbocycles. The standard InChI is InChI=1S/C13H20N2O2/c1-3-5-7-13(4-2,12(16)17)10-11-14-8-6-9-15-11/h6,8-9H,3-5,7,10H2,1-2H3,(H,16,17). The van der Waals surface area contributed by atoms with Crippen LogP contribution in [0.5, 0.6) is 0 Å². The van der Waals surface area contributed by atoms with E-state index in [0.29, 0.717) is 25.1 Å². The highest BCUT2D eigenvalue weighted by atomic mass is 16.4. The van der Waals surface area contributed by atoms with Crippen molar-refractivity contribution < 1.29 is 9.90 Å². The van der Waals surface area contributed by atoms with Gasteiger partial charge in [0.1, 0.15) is 5.82 Å². The van der Waals surface area contributed by atoms with Crippen molar-refractivity contribution in [3.05, 3.63) is 24.3 Å². The molecule has 1 N–H and O–H groups in total. The lowest BCUT2D eigenvalue weighted by atomic mass is 9.77. The van der Waals surface area contributed by atoms with E-state index < -0.39 is 11.4 Å². The van der Waals surface area contributed by atoms with Crippen LogP contribution in [0.25, 0.3) is 0 Å². The molecule has 0 bridgehead atoms. The summed E-state index contributed by atoms with van der Waals surface area (Å²) in [6.07, 6.45) is 6.96. The summed E-state index contributed by atoms with van der Waals surface area (Å²) in [5, 5.41) is 9.46. The van der Waals surface area contributed by atoms with E-state index in [1.807, 2.05) is 6.92 Å². The molecule has 0 aliphatic heterocycles. The van der Waals surface area contributed by atoms with Crippen molar-refractivity contribution in [2.45, 2.75) is 46.0 Å². The molecule has 0 aliphatic rings. The molecule has 17 heavy (non-hydrogen) atoms. The molecule has 4 heteroatoms. The Morgan fingerprint density at radius 2 is 2.00 bits per heavy atom. The van der Waals surface area contributed by atoms with Gasteiger partial charge in [0.05, 0.1) is 5.41 Å². The van der Waals surface area contributed by atoms with Crippen molar-refractivity contribution in [2.24, 2.45) is 5.41 Å². The fraction of sp³-hybridized carbons (Fsp3) is 0.615. The van der Waals surface area contributed by atoms with Crippen LogP contribution in [-0.4, -0.2) is 21.0 Å². The van der Waals surface area contributed by atoms with Gasteiger partial charge in [-0.05, 0) is 18.9 Å². The molecular formula is C13H20N2O2. The molecule has 0 fully saturated rings. The molecule has 0 aromatic carbocycles. The minimum Gasteiger partial charge on any atom is -0.481 e. The first-order valence-corrected chi connectivity index (χ1v) is 6.14. The van der Waals surface area contributed by atoms with Crippen LogP contribution in [-0.2, 0) is 11.2 Å². The third kappa shape index (κ3) is 3.51. The van der Waals surface area contributed by atoms with E-state index in [0.717, 1.165) is 12.8 Å². The number of carbonyl (C=O) groups is 1. The number of unbranched alkanes of at least 4 members (excludes halogenated alkanes) is 1. The SMILES string of the molecule is CCCCC(CC)(Cc1ncccn1)C(=O)O. The van der Waals surface area contributed by atoms with E-state index in [4.69, 9.17) is 0 Å². The third-order valence-corrected chi connectivity index (χ3v) is 3.26. The maximum atomic E-state index is 11.5. The molecular weight excluding hydrogens is 216 g/mol. The minimum atomic E-state index is -0.735. The number of hydrogen-bond acceptors (Lipinski definition) is 3. The maximum Gasteiger partial charge on any atom is 0.310 e. The van der Waals surface area contributed by atoms with E-state index in [1.54, 1.807) is 18.5 Å². The third-order valence-electron chi connectivity index (χ3n) is 3.26. The topological polar surface area (TPSA) is 63.1 Å². The Balaban J connectivity index is 2.86. The lowest BCUT2D eigenvalue weighted by molar-refractivity contribution is -0.149. The average Bonchev–Trinajstić information content (AvgIpc) is 2.35. The summed E-state index contributed by atoms with van der Waals surface area (Å²) in [5.41, 5.74) is -0.711. The molecule has 0 radical (unpaired) electrons. The fourth-order valence-corrected chi connectivity index (χ4v) is 1.96. The van der Waals surface area contributed by atoms with E-state index in [-0.39, 0.29) is 0 Å². The first-order valence-electron chi connectivity index (χ1n) is 6.14. The van der Waals surface area contributed by atoms with Crippen LogP contribution in [0.4, 0.5) is 0 Å². The molecule has 1 heterocycles. The van der Waals surface area contributed by atoms with Crippen LogP contribution in [0.1, 0.15) is 45.4 Å². The molecule has 0 saturated carbocycles. The summed E-state index contributed by atoms with van der Waals surface area (Å²) in [5.74, 6) is -0.117. The van der Waals surface area contributed by atoms with Crippen LogP contribution in [0, 0.1) is 5.41 Å². The van der Waals surface area contributed by atoms with E-state index in [2.05, 4.69) is 16.9 Å². The molecule has 94 valence electrons. The lowest BCUT2D eigenvalue weighted by Gasteiger charge is -2.27. The number of rotatable bonds is 7. The number of carboxylic acid groups (broad SMARTS) is 1. The van der Waals surface area contributed by atoms with Crippen LogP contribution in [0.3, 0.4) is 0 Å². The Morgan fingerprint density at radius 1 is 1.35 bits per heavy atom. The summed E-state index contributed by atoms with van der Waals surface area (Å²) in [4.78, 5) is 19.8. The highest BCUT2D eigenvalue weighted by molar-refractivity contribution is 5.74. The summed E-state index contributed by atoms with van der Waals surface area (Å²) in [6.45, 7) is 3.99. The van der Waals surface area contributed by atoms with Gasteiger partial charge in [0, 0.05) is 18.8 Å². The Hall–Kier alpha value is -1.45. The van der Waals surface area contributed by atoms with Gasteiger partial charge in [0.2, 0.25) is 0 Å². The first-order chi connectivity index (χ1) is 8.14. The van der Waals surface area contributed by atoms with Gasteiger partial charge in [-0.3, -0.25) is 4.79 Å². The monoisotopic (exact) mass is 236 g/mol. The van der Waals surface area contributed by atoms with Gasteiger partial charge in [-0.2, -0.15) is 0 Å². The predicted molar refractivity (Wildman–Crippen MR) is 65.6 cm³/mol. The van der Waals surface area contributed by atoms with Crippen molar-refractivity contribution in [1.29, 1.82) is 0 Å². The van der Waals surface area contributed by atoms with Crippen LogP contribution in [0.2, 0.25) is 0 Å². The number of aliphatic carboxylic acids is 1. The largest absolute Gasteiger partial charge is 0.481 e. The Bertz CT molecular complexity index is 354. The number of nitrogens with zero attached hydrogens (tertiary/aromatic N) is 2. The molecule has 1 unspecified atom stereocenters. The Labute approximate surface area is 102 Å². The van der Waals surface area contributed by atoms with Gasteiger partial charge in [0.25, 0.3) is 0 Å². The molecule has 0 amide bonds. The summed E-state index contributed by atoms with van der Waals surface area (Å²) >= 11 is 0. The number of aromatic nitrogens is 2. The van der Waals surface area contributed by atoms with Crippen molar-refractivity contribution >= 4 is 5.97 Å². The quantitative estimate of drug-likeness (QED) is 0.790. The molecule has 1 atom stereocenters. The second kappa shape index (κ2) is 6.33. The Kier molecular flexibility index (Phi) is 5.07. The second-order valence-electron chi connectivity index (χ2n) is 4.38. The second-order valence-corrected chi connectivity index (χ2v) is 4.38. The molecule has 1 aromatic heterocycles. The zero-order valence-corrected chi connectivity index (χ0v) is 10.5. The summed E-state index contributed by atoms with van der Waals surface area (Å²) in [6, 6.07) is 1.74. The van der Waals surface area contributed by atoms with Gasteiger partial charge in [-0.25, -0.2) is 9.97 Å².